The van der Waals surface area contributed by atoms with Crippen LogP contribution in [0.15, 0.2) is 41.3 Å². The van der Waals surface area contributed by atoms with Gasteiger partial charge in [0, 0.05) is 30.6 Å². The number of halogens is 1. The molecule has 0 spiro atoms. The molecule has 7 heteroatoms. The van der Waals surface area contributed by atoms with Crippen LogP contribution in [0.1, 0.15) is 17.5 Å². The molecule has 0 fully saturated rings. The molecule has 0 heterocycles. The van der Waals surface area contributed by atoms with Gasteiger partial charge < -0.3 is 20.1 Å². The number of amides is 1. The Balaban J connectivity index is 0.00000364. The fraction of sp³-hybridized carbons (Fsp3) is 0.350. The number of benzene rings is 2. The van der Waals surface area contributed by atoms with E-state index in [4.69, 9.17) is 15.2 Å². The molecule has 2 rings (SSSR count). The summed E-state index contributed by atoms with van der Waals surface area (Å²) in [7, 11) is 5.05. The lowest BCUT2D eigenvalue weighted by Crippen LogP contribution is -2.26. The molecule has 0 unspecified atom stereocenters. The molecule has 148 valence electrons. The lowest BCUT2D eigenvalue weighted by molar-refractivity contribution is -0.130. The van der Waals surface area contributed by atoms with E-state index in [1.54, 1.807) is 30.9 Å². The zero-order valence-corrected chi connectivity index (χ0v) is 17.8. The molecule has 0 aliphatic carbocycles. The zero-order chi connectivity index (χ0) is 19.1. The summed E-state index contributed by atoms with van der Waals surface area (Å²) in [4.78, 5) is 15.3. The van der Waals surface area contributed by atoms with Crippen LogP contribution < -0.4 is 15.2 Å². The Hall–Kier alpha value is -2.05. The molecule has 5 nitrogen and oxygen atoms in total. The quantitative estimate of drug-likeness (QED) is 0.526. The van der Waals surface area contributed by atoms with Gasteiger partial charge in [0.1, 0.15) is 0 Å². The van der Waals surface area contributed by atoms with E-state index in [1.807, 2.05) is 49.7 Å². The number of carbonyl (C=O) groups is 1. The Morgan fingerprint density at radius 1 is 1.11 bits per heavy atom. The van der Waals surface area contributed by atoms with E-state index >= 15 is 0 Å². The number of hydrogen-bond donors (Lipinski definition) is 1. The predicted octanol–water partition coefficient (Wildman–Crippen LogP) is 4.02. The second kappa shape index (κ2) is 10.9. The highest BCUT2D eigenvalue weighted by Crippen LogP contribution is 2.35. The van der Waals surface area contributed by atoms with Crippen LogP contribution in [0.25, 0.3) is 0 Å². The first-order chi connectivity index (χ1) is 12.5. The lowest BCUT2D eigenvalue weighted by atomic mass is 10.1. The predicted molar refractivity (Wildman–Crippen MR) is 114 cm³/mol. The minimum atomic E-state index is 0. The normalized spacial score (nSPS) is 10.1. The largest absolute Gasteiger partial charge is 0.493 e. The smallest absolute Gasteiger partial charge is 0.222 e. The molecular weight excluding hydrogens is 384 g/mol. The molecule has 0 atom stereocenters. The third kappa shape index (κ3) is 5.97. The van der Waals surface area contributed by atoms with Gasteiger partial charge in [-0.1, -0.05) is 18.2 Å². The van der Waals surface area contributed by atoms with E-state index in [9.17, 15) is 4.79 Å². The van der Waals surface area contributed by atoms with E-state index in [-0.39, 0.29) is 18.3 Å². The number of nitrogens with zero attached hydrogens (tertiary/aromatic N) is 1. The topological polar surface area (TPSA) is 64.8 Å². The number of aryl methyl sites for hydroxylation is 1. The number of carbonyl (C=O) groups excluding carboxylic acids is 1. The molecule has 0 aromatic heterocycles. The van der Waals surface area contributed by atoms with Crippen molar-refractivity contribution >= 4 is 35.8 Å². The molecule has 2 N–H and O–H groups in total. The first-order valence-electron chi connectivity index (χ1n) is 8.36. The minimum Gasteiger partial charge on any atom is -0.493 e. The first kappa shape index (κ1) is 23.0. The van der Waals surface area contributed by atoms with Gasteiger partial charge in [0.25, 0.3) is 0 Å². The summed E-state index contributed by atoms with van der Waals surface area (Å²) in [6.07, 6.45) is 3.06. The van der Waals surface area contributed by atoms with Gasteiger partial charge in [-0.05, 0) is 42.0 Å². The van der Waals surface area contributed by atoms with Crippen molar-refractivity contribution in [1.29, 1.82) is 0 Å². The van der Waals surface area contributed by atoms with Crippen LogP contribution in [0.3, 0.4) is 0 Å². The van der Waals surface area contributed by atoms with Gasteiger partial charge in [0.15, 0.2) is 11.5 Å². The third-order valence-corrected chi connectivity index (χ3v) is 5.10. The summed E-state index contributed by atoms with van der Waals surface area (Å²) in [5.74, 6) is 1.43. The highest BCUT2D eigenvalue weighted by atomic mass is 35.5. The second-order valence-corrected chi connectivity index (χ2v) is 6.82. The summed E-state index contributed by atoms with van der Waals surface area (Å²) in [5.41, 5.74) is 8.72. The van der Waals surface area contributed by atoms with Crippen LogP contribution in [0, 0.1) is 0 Å². The Bertz CT molecular complexity index is 771. The van der Waals surface area contributed by atoms with Gasteiger partial charge in [-0.25, -0.2) is 0 Å². The molecule has 0 aliphatic heterocycles. The number of nitrogen functional groups attached to an aromatic ring is 1. The van der Waals surface area contributed by atoms with Crippen LogP contribution >= 0.6 is 24.2 Å². The van der Waals surface area contributed by atoms with Gasteiger partial charge >= 0.3 is 0 Å². The van der Waals surface area contributed by atoms with E-state index < -0.39 is 0 Å². The number of methoxy groups -OCH3 is 2. The van der Waals surface area contributed by atoms with Crippen LogP contribution in [-0.2, 0) is 17.8 Å². The molecule has 0 saturated carbocycles. The second-order valence-electron chi connectivity index (χ2n) is 5.97. The van der Waals surface area contributed by atoms with Gasteiger partial charge in [-0.3, -0.25) is 4.79 Å². The number of ether oxygens (including phenoxy) is 2. The minimum absolute atomic E-state index is 0. The molecule has 1 amide bonds. The van der Waals surface area contributed by atoms with E-state index in [0.29, 0.717) is 30.9 Å². The monoisotopic (exact) mass is 410 g/mol. The Morgan fingerprint density at radius 3 is 2.33 bits per heavy atom. The van der Waals surface area contributed by atoms with Crippen molar-refractivity contribution in [2.45, 2.75) is 24.3 Å². The molecule has 2 aromatic rings. The van der Waals surface area contributed by atoms with Crippen molar-refractivity contribution in [3.63, 3.8) is 0 Å². The van der Waals surface area contributed by atoms with Crippen LogP contribution in [0.4, 0.5) is 5.69 Å². The van der Waals surface area contributed by atoms with Crippen molar-refractivity contribution in [2.24, 2.45) is 0 Å². The summed E-state index contributed by atoms with van der Waals surface area (Å²) < 4.78 is 10.7. The molecular formula is C20H27ClN2O3S. The van der Waals surface area contributed by atoms with E-state index in [0.717, 1.165) is 21.7 Å². The summed E-state index contributed by atoms with van der Waals surface area (Å²) in [5, 5.41) is 0. The zero-order valence-electron chi connectivity index (χ0n) is 16.2. The van der Waals surface area contributed by atoms with Gasteiger partial charge in [-0.15, -0.1) is 24.2 Å². The van der Waals surface area contributed by atoms with Crippen LogP contribution in [0.2, 0.25) is 0 Å². The maximum Gasteiger partial charge on any atom is 0.222 e. The summed E-state index contributed by atoms with van der Waals surface area (Å²) >= 11 is 1.62. The standard InChI is InChI=1S/C20H26N2O3S.ClH/c1-22(20(23)10-9-14-7-5-6-8-16(14)21)13-15-11-17(24-2)18(25-3)12-19(15)26-4;/h5-8,11-12H,9-10,13,21H2,1-4H3;1H. The average molecular weight is 411 g/mol. The van der Waals surface area contributed by atoms with Crippen LogP contribution in [-0.4, -0.2) is 38.3 Å². The van der Waals surface area contributed by atoms with E-state index in [1.165, 1.54) is 0 Å². The summed E-state index contributed by atoms with van der Waals surface area (Å²) in [6.45, 7) is 0.514. The maximum absolute atomic E-state index is 12.5. The number of hydrogen-bond acceptors (Lipinski definition) is 5. The lowest BCUT2D eigenvalue weighted by Gasteiger charge is -2.20. The van der Waals surface area contributed by atoms with Crippen LogP contribution in [0.5, 0.6) is 11.5 Å². The number of para-hydroxylation sites is 1. The molecule has 0 aliphatic rings. The Morgan fingerprint density at radius 2 is 1.74 bits per heavy atom. The first-order valence-corrected chi connectivity index (χ1v) is 9.58. The molecule has 0 bridgehead atoms. The summed E-state index contributed by atoms with van der Waals surface area (Å²) in [6, 6.07) is 11.5. The molecule has 27 heavy (non-hydrogen) atoms. The fourth-order valence-corrected chi connectivity index (χ4v) is 3.36. The average Bonchev–Trinajstić information content (AvgIpc) is 2.66. The van der Waals surface area contributed by atoms with Gasteiger partial charge in [0.2, 0.25) is 5.91 Å². The molecule has 0 radical (unpaired) electrons. The highest BCUT2D eigenvalue weighted by Gasteiger charge is 2.15. The number of thioether (sulfide) groups is 1. The molecule has 2 aromatic carbocycles. The van der Waals surface area contributed by atoms with Crippen molar-refractivity contribution in [3.8, 4) is 11.5 Å². The number of nitrogens with two attached hydrogens (primary N) is 1. The van der Waals surface area contributed by atoms with Crippen molar-refractivity contribution in [1.82, 2.24) is 4.90 Å². The third-order valence-electron chi connectivity index (χ3n) is 4.28. The van der Waals surface area contributed by atoms with Crippen molar-refractivity contribution in [2.75, 3.05) is 33.3 Å². The van der Waals surface area contributed by atoms with Crippen molar-refractivity contribution < 1.29 is 14.3 Å². The number of anilines is 1. The van der Waals surface area contributed by atoms with Gasteiger partial charge in [-0.2, -0.15) is 0 Å². The number of rotatable bonds is 8. The van der Waals surface area contributed by atoms with E-state index in [2.05, 4.69) is 0 Å². The van der Waals surface area contributed by atoms with Crippen molar-refractivity contribution in [3.05, 3.63) is 47.5 Å². The van der Waals surface area contributed by atoms with Gasteiger partial charge in [0.05, 0.1) is 14.2 Å². The Kier molecular flexibility index (Phi) is 9.32. The fourth-order valence-electron chi connectivity index (χ4n) is 2.75. The highest BCUT2D eigenvalue weighted by molar-refractivity contribution is 7.98. The molecule has 0 saturated heterocycles. The maximum atomic E-state index is 12.5. The SMILES string of the molecule is COc1cc(CN(C)C(=O)CCc2ccccc2N)c(SC)cc1OC.Cl. The Labute approximate surface area is 171 Å².